The van der Waals surface area contributed by atoms with Gasteiger partial charge in [0.15, 0.2) is 17.7 Å². The van der Waals surface area contributed by atoms with Crippen molar-refractivity contribution in [3.05, 3.63) is 59.7 Å². The van der Waals surface area contributed by atoms with Crippen LogP contribution < -0.4 is 4.72 Å². The third kappa shape index (κ3) is 5.00. The van der Waals surface area contributed by atoms with E-state index in [1.165, 1.54) is 31.2 Å². The molecule has 0 aromatic heterocycles. The normalized spacial score (nSPS) is 12.1. The van der Waals surface area contributed by atoms with Gasteiger partial charge in [0.25, 0.3) is 10.0 Å². The van der Waals surface area contributed by atoms with E-state index in [4.69, 9.17) is 4.74 Å². The number of ether oxygens (including phenoxy) is 2. The number of carbonyl (C=O) groups is 2. The van der Waals surface area contributed by atoms with E-state index in [2.05, 4.69) is 9.46 Å². The van der Waals surface area contributed by atoms with Crippen LogP contribution >= 0.6 is 0 Å². The molecule has 0 unspecified atom stereocenters. The number of methoxy groups -OCH3 is 1. The van der Waals surface area contributed by atoms with Crippen LogP contribution in [0.3, 0.4) is 0 Å². The highest BCUT2D eigenvalue weighted by Gasteiger charge is 2.20. The van der Waals surface area contributed by atoms with Crippen molar-refractivity contribution in [1.29, 1.82) is 0 Å². The Balaban J connectivity index is 2.11. The zero-order valence-electron chi connectivity index (χ0n) is 14.2. The largest absolute Gasteiger partial charge is 0.466 e. The number of anilines is 1. The minimum Gasteiger partial charge on any atom is -0.466 e. The number of nitrogens with one attached hydrogen (secondary N) is 1. The zero-order valence-corrected chi connectivity index (χ0v) is 15.0. The lowest BCUT2D eigenvalue weighted by atomic mass is 10.2. The lowest BCUT2D eigenvalue weighted by Crippen LogP contribution is -2.25. The summed E-state index contributed by atoms with van der Waals surface area (Å²) in [7, 11) is -3.00. The highest BCUT2D eigenvalue weighted by atomic mass is 32.2. The van der Waals surface area contributed by atoms with Gasteiger partial charge in [0.2, 0.25) is 0 Å². The predicted octanol–water partition coefficient (Wildman–Crippen LogP) is 2.48. The second-order valence-corrected chi connectivity index (χ2v) is 7.01. The Morgan fingerprint density at radius 1 is 1.04 bits per heavy atom. The van der Waals surface area contributed by atoms with Crippen molar-refractivity contribution in [2.24, 2.45) is 0 Å². The molecule has 0 aliphatic carbocycles. The van der Waals surface area contributed by atoms with Gasteiger partial charge in [-0.2, -0.15) is 0 Å². The van der Waals surface area contributed by atoms with Crippen molar-refractivity contribution in [1.82, 2.24) is 0 Å². The summed E-state index contributed by atoms with van der Waals surface area (Å²) in [4.78, 5) is 22.7. The molecule has 2 rings (SSSR count). The van der Waals surface area contributed by atoms with E-state index in [0.717, 1.165) is 13.2 Å². The highest BCUT2D eigenvalue weighted by Crippen LogP contribution is 2.19. The minimum atomic E-state index is -4.15. The Morgan fingerprint density at radius 2 is 1.67 bits per heavy atom. The maximum absolute atomic E-state index is 13.2. The maximum atomic E-state index is 13.2. The van der Waals surface area contributed by atoms with E-state index < -0.39 is 44.6 Å². The monoisotopic (exact) mass is 399 g/mol. The molecule has 7 nitrogen and oxygen atoms in total. The van der Waals surface area contributed by atoms with Gasteiger partial charge in [-0.1, -0.05) is 0 Å². The summed E-state index contributed by atoms with van der Waals surface area (Å²) in [6.07, 6.45) is -1.10. The lowest BCUT2D eigenvalue weighted by molar-refractivity contribution is -0.149. The smallest absolute Gasteiger partial charge is 0.346 e. The third-order valence-electron chi connectivity index (χ3n) is 3.39. The summed E-state index contributed by atoms with van der Waals surface area (Å²) >= 11 is 0. The molecule has 27 heavy (non-hydrogen) atoms. The minimum absolute atomic E-state index is 0.0709. The molecule has 10 heteroatoms. The van der Waals surface area contributed by atoms with Crippen LogP contribution in [-0.2, 0) is 24.3 Å². The topological polar surface area (TPSA) is 98.8 Å². The maximum Gasteiger partial charge on any atom is 0.346 e. The molecule has 0 heterocycles. The molecule has 0 fully saturated rings. The zero-order chi connectivity index (χ0) is 20.2. The van der Waals surface area contributed by atoms with E-state index in [0.29, 0.717) is 12.1 Å². The van der Waals surface area contributed by atoms with Crippen molar-refractivity contribution in [2.45, 2.75) is 17.9 Å². The number of esters is 2. The van der Waals surface area contributed by atoms with Crippen LogP contribution in [0.4, 0.5) is 14.5 Å². The average molecular weight is 399 g/mol. The molecule has 2 aromatic rings. The highest BCUT2D eigenvalue weighted by molar-refractivity contribution is 7.92. The fourth-order valence-electron chi connectivity index (χ4n) is 1.98. The number of rotatable bonds is 6. The van der Waals surface area contributed by atoms with Gasteiger partial charge in [0.1, 0.15) is 0 Å². The van der Waals surface area contributed by atoms with E-state index in [-0.39, 0.29) is 11.3 Å². The first-order chi connectivity index (χ1) is 12.6. The molecular formula is C17H15F2NO6S. The van der Waals surface area contributed by atoms with Gasteiger partial charge in [-0.25, -0.2) is 26.8 Å². The Hall–Kier alpha value is -3.01. The van der Waals surface area contributed by atoms with Gasteiger partial charge >= 0.3 is 11.9 Å². The van der Waals surface area contributed by atoms with Crippen LogP contribution in [0.5, 0.6) is 0 Å². The Kier molecular flexibility index (Phi) is 6.11. The summed E-state index contributed by atoms with van der Waals surface area (Å²) in [5.74, 6) is -3.99. The number of hydrogen-bond acceptors (Lipinski definition) is 6. The second kappa shape index (κ2) is 8.12. The third-order valence-corrected chi connectivity index (χ3v) is 4.77. The van der Waals surface area contributed by atoms with Crippen molar-refractivity contribution < 1.29 is 36.3 Å². The summed E-state index contributed by atoms with van der Waals surface area (Å²) in [6.45, 7) is 1.34. The van der Waals surface area contributed by atoms with Crippen molar-refractivity contribution in [3.63, 3.8) is 0 Å². The van der Waals surface area contributed by atoms with Crippen molar-refractivity contribution in [2.75, 3.05) is 11.8 Å². The standard InChI is InChI=1S/C17H15F2NO6S/c1-10(16(21)25-2)26-17(22)11-3-5-12(6-4-11)20-27(23,24)13-7-8-14(18)15(19)9-13/h3-10,20H,1-2H3/t10-/m1/s1. The summed E-state index contributed by atoms with van der Waals surface area (Å²) in [5.41, 5.74) is 0.152. The van der Waals surface area contributed by atoms with Crippen LogP contribution in [0.2, 0.25) is 0 Å². The van der Waals surface area contributed by atoms with Crippen LogP contribution in [0, 0.1) is 11.6 Å². The van der Waals surface area contributed by atoms with Crippen LogP contribution in [0.25, 0.3) is 0 Å². The van der Waals surface area contributed by atoms with Crippen molar-refractivity contribution in [3.8, 4) is 0 Å². The van der Waals surface area contributed by atoms with Crippen LogP contribution in [0.15, 0.2) is 47.4 Å². The predicted molar refractivity (Wildman–Crippen MR) is 90.5 cm³/mol. The lowest BCUT2D eigenvalue weighted by Gasteiger charge is -2.12. The molecule has 1 atom stereocenters. The molecule has 0 aliphatic heterocycles. The molecule has 144 valence electrons. The Bertz CT molecular complexity index is 960. The number of halogens is 2. The Morgan fingerprint density at radius 3 is 2.22 bits per heavy atom. The molecule has 0 amide bonds. The number of carbonyl (C=O) groups excluding carboxylic acids is 2. The number of benzene rings is 2. The fraction of sp³-hybridized carbons (Fsp3) is 0.176. The molecule has 2 aromatic carbocycles. The first kappa shape index (κ1) is 20.3. The molecule has 0 saturated heterocycles. The van der Waals surface area contributed by atoms with E-state index in [1.54, 1.807) is 0 Å². The molecule has 1 N–H and O–H groups in total. The molecular weight excluding hydrogens is 384 g/mol. The van der Waals surface area contributed by atoms with E-state index in [1.807, 2.05) is 0 Å². The van der Waals surface area contributed by atoms with Gasteiger partial charge < -0.3 is 9.47 Å². The first-order valence-electron chi connectivity index (χ1n) is 7.51. The Labute approximate surface area is 154 Å². The first-order valence-corrected chi connectivity index (χ1v) is 8.99. The van der Waals surface area contributed by atoms with Crippen LogP contribution in [0.1, 0.15) is 17.3 Å². The quantitative estimate of drug-likeness (QED) is 0.750. The molecule has 0 radical (unpaired) electrons. The summed E-state index contributed by atoms with van der Waals surface area (Å²) < 4.78 is 62.1. The van der Waals surface area contributed by atoms with E-state index >= 15 is 0 Å². The summed E-state index contributed by atoms with van der Waals surface area (Å²) in [6, 6.07) is 7.27. The molecule has 0 bridgehead atoms. The van der Waals surface area contributed by atoms with Gasteiger partial charge in [-0.05, 0) is 49.4 Å². The van der Waals surface area contributed by atoms with Gasteiger partial charge in [-0.15, -0.1) is 0 Å². The van der Waals surface area contributed by atoms with Crippen LogP contribution in [-0.4, -0.2) is 33.6 Å². The molecule has 0 saturated carbocycles. The van der Waals surface area contributed by atoms with Gasteiger partial charge in [-0.3, -0.25) is 4.72 Å². The number of hydrogen-bond donors (Lipinski definition) is 1. The second-order valence-electron chi connectivity index (χ2n) is 5.33. The molecule has 0 spiro atoms. The van der Waals surface area contributed by atoms with Gasteiger partial charge in [0, 0.05) is 5.69 Å². The summed E-state index contributed by atoms with van der Waals surface area (Å²) in [5, 5.41) is 0. The SMILES string of the molecule is COC(=O)[C@@H](C)OC(=O)c1ccc(NS(=O)(=O)c2ccc(F)c(F)c2)cc1. The van der Waals surface area contributed by atoms with E-state index in [9.17, 15) is 26.8 Å². The van der Waals surface area contributed by atoms with Gasteiger partial charge in [0.05, 0.1) is 17.6 Å². The van der Waals surface area contributed by atoms with Crippen molar-refractivity contribution >= 4 is 27.6 Å². The average Bonchev–Trinajstić information content (AvgIpc) is 2.63. The molecule has 0 aliphatic rings. The number of sulfonamides is 1. The fourth-order valence-corrected chi connectivity index (χ4v) is 3.05.